The van der Waals surface area contributed by atoms with Gasteiger partial charge in [-0.2, -0.15) is 4.98 Å². The standard InChI is InChI=1S/C12H19N5/c13-12-16-10-7-14-6-5-9(10)11(17-12)15-8-3-1-2-4-8/h8,14H,1-7H2,(H3,13,15,16,17). The van der Waals surface area contributed by atoms with Gasteiger partial charge in [-0.05, 0) is 25.8 Å². The first kappa shape index (κ1) is 10.8. The summed E-state index contributed by atoms with van der Waals surface area (Å²) in [6, 6.07) is 0.572. The number of nitrogens with two attached hydrogens (primary N) is 1. The Bertz CT molecular complexity index is 412. The Morgan fingerprint density at radius 2 is 2.06 bits per heavy atom. The van der Waals surface area contributed by atoms with Gasteiger partial charge >= 0.3 is 0 Å². The SMILES string of the molecule is Nc1nc2c(c(NC3CCCC3)n1)CCNC2. The van der Waals surface area contributed by atoms with Crippen molar-refractivity contribution in [2.24, 2.45) is 0 Å². The van der Waals surface area contributed by atoms with Crippen molar-refractivity contribution in [2.75, 3.05) is 17.6 Å². The number of anilines is 2. The lowest BCUT2D eigenvalue weighted by atomic mass is 10.1. The molecule has 0 radical (unpaired) electrons. The highest BCUT2D eigenvalue weighted by atomic mass is 15.1. The molecule has 0 bridgehead atoms. The van der Waals surface area contributed by atoms with E-state index >= 15 is 0 Å². The first-order valence-corrected chi connectivity index (χ1v) is 6.45. The topological polar surface area (TPSA) is 75.9 Å². The van der Waals surface area contributed by atoms with E-state index < -0.39 is 0 Å². The van der Waals surface area contributed by atoms with Crippen LogP contribution >= 0.6 is 0 Å². The monoisotopic (exact) mass is 233 g/mol. The molecule has 1 aliphatic carbocycles. The summed E-state index contributed by atoms with van der Waals surface area (Å²) in [5, 5.41) is 6.87. The van der Waals surface area contributed by atoms with Gasteiger partial charge in [0.2, 0.25) is 5.95 Å². The fourth-order valence-electron chi connectivity index (χ4n) is 2.76. The maximum atomic E-state index is 5.77. The maximum Gasteiger partial charge on any atom is 0.222 e. The lowest BCUT2D eigenvalue weighted by Gasteiger charge is -2.22. The third-order valence-corrected chi connectivity index (χ3v) is 3.65. The second kappa shape index (κ2) is 4.49. The minimum absolute atomic E-state index is 0.382. The minimum atomic E-state index is 0.382. The molecule has 0 aromatic carbocycles. The summed E-state index contributed by atoms with van der Waals surface area (Å²) in [4.78, 5) is 8.69. The van der Waals surface area contributed by atoms with Crippen LogP contribution in [0.15, 0.2) is 0 Å². The Balaban J connectivity index is 1.88. The van der Waals surface area contributed by atoms with Crippen LogP contribution < -0.4 is 16.4 Å². The number of hydrogen-bond acceptors (Lipinski definition) is 5. The zero-order valence-corrected chi connectivity index (χ0v) is 10.00. The molecule has 17 heavy (non-hydrogen) atoms. The molecule has 2 heterocycles. The van der Waals surface area contributed by atoms with Crippen molar-refractivity contribution < 1.29 is 0 Å². The number of nitrogens with zero attached hydrogens (tertiary/aromatic N) is 2. The summed E-state index contributed by atoms with van der Waals surface area (Å²) in [7, 11) is 0. The lowest BCUT2D eigenvalue weighted by Crippen LogP contribution is -2.28. The van der Waals surface area contributed by atoms with Gasteiger partial charge in [0.25, 0.3) is 0 Å². The molecule has 2 aliphatic rings. The van der Waals surface area contributed by atoms with Crippen molar-refractivity contribution in [1.82, 2.24) is 15.3 Å². The van der Waals surface area contributed by atoms with E-state index in [-0.39, 0.29) is 0 Å². The highest BCUT2D eigenvalue weighted by Gasteiger charge is 2.20. The van der Waals surface area contributed by atoms with E-state index in [1.807, 2.05) is 0 Å². The third kappa shape index (κ3) is 2.20. The van der Waals surface area contributed by atoms with Crippen LogP contribution in [0.5, 0.6) is 0 Å². The summed E-state index contributed by atoms with van der Waals surface area (Å²) in [6.45, 7) is 1.81. The second-order valence-corrected chi connectivity index (χ2v) is 4.91. The Kier molecular flexibility index (Phi) is 2.84. The van der Waals surface area contributed by atoms with Crippen molar-refractivity contribution in [3.05, 3.63) is 11.3 Å². The molecule has 92 valence electrons. The molecule has 1 fully saturated rings. The van der Waals surface area contributed by atoms with E-state index in [2.05, 4.69) is 20.6 Å². The average Bonchev–Trinajstić information content (AvgIpc) is 2.81. The van der Waals surface area contributed by atoms with Crippen LogP contribution in [0.1, 0.15) is 36.9 Å². The van der Waals surface area contributed by atoms with E-state index in [4.69, 9.17) is 5.73 Å². The van der Waals surface area contributed by atoms with Crippen LogP contribution in [0.3, 0.4) is 0 Å². The number of hydrogen-bond donors (Lipinski definition) is 3. The van der Waals surface area contributed by atoms with Crippen molar-refractivity contribution in [2.45, 2.75) is 44.7 Å². The Hall–Kier alpha value is -1.36. The Morgan fingerprint density at radius 3 is 2.88 bits per heavy atom. The van der Waals surface area contributed by atoms with E-state index in [9.17, 15) is 0 Å². The molecule has 0 atom stereocenters. The number of nitrogen functional groups attached to an aromatic ring is 1. The molecule has 1 aliphatic heterocycles. The van der Waals surface area contributed by atoms with E-state index in [1.54, 1.807) is 0 Å². The van der Waals surface area contributed by atoms with Gasteiger partial charge < -0.3 is 16.4 Å². The molecule has 5 heteroatoms. The van der Waals surface area contributed by atoms with Gasteiger partial charge in [-0.1, -0.05) is 12.8 Å². The van der Waals surface area contributed by atoms with Crippen LogP contribution in [0.25, 0.3) is 0 Å². The third-order valence-electron chi connectivity index (χ3n) is 3.65. The van der Waals surface area contributed by atoms with Crippen molar-refractivity contribution in [1.29, 1.82) is 0 Å². The van der Waals surface area contributed by atoms with Crippen LogP contribution in [0.4, 0.5) is 11.8 Å². The molecule has 5 nitrogen and oxygen atoms in total. The highest BCUT2D eigenvalue weighted by Crippen LogP contribution is 2.26. The van der Waals surface area contributed by atoms with Crippen LogP contribution in [0, 0.1) is 0 Å². The molecule has 0 unspecified atom stereocenters. The van der Waals surface area contributed by atoms with Gasteiger partial charge in [-0.25, -0.2) is 4.98 Å². The fourth-order valence-corrected chi connectivity index (χ4v) is 2.76. The van der Waals surface area contributed by atoms with Crippen molar-refractivity contribution in [3.63, 3.8) is 0 Å². The van der Waals surface area contributed by atoms with Gasteiger partial charge in [0.05, 0.1) is 5.69 Å². The molecule has 1 aromatic rings. The summed E-state index contributed by atoms with van der Waals surface area (Å²) >= 11 is 0. The summed E-state index contributed by atoms with van der Waals surface area (Å²) < 4.78 is 0. The number of fused-ring (bicyclic) bond motifs is 1. The number of rotatable bonds is 2. The van der Waals surface area contributed by atoms with Crippen molar-refractivity contribution in [3.8, 4) is 0 Å². The molecule has 1 saturated carbocycles. The second-order valence-electron chi connectivity index (χ2n) is 4.91. The van der Waals surface area contributed by atoms with E-state index in [0.717, 1.165) is 31.0 Å². The highest BCUT2D eigenvalue weighted by molar-refractivity contribution is 5.51. The molecular weight excluding hydrogens is 214 g/mol. The smallest absolute Gasteiger partial charge is 0.222 e. The molecule has 0 amide bonds. The van der Waals surface area contributed by atoms with Crippen molar-refractivity contribution >= 4 is 11.8 Å². The quantitative estimate of drug-likeness (QED) is 0.712. The zero-order valence-electron chi connectivity index (χ0n) is 10.00. The first-order valence-electron chi connectivity index (χ1n) is 6.45. The zero-order chi connectivity index (χ0) is 11.7. The van der Waals surface area contributed by atoms with Gasteiger partial charge in [0, 0.05) is 18.2 Å². The predicted molar refractivity (Wildman–Crippen MR) is 67.7 cm³/mol. The van der Waals surface area contributed by atoms with Gasteiger partial charge in [0.1, 0.15) is 5.82 Å². The van der Waals surface area contributed by atoms with Crippen LogP contribution in [0.2, 0.25) is 0 Å². The fraction of sp³-hybridized carbons (Fsp3) is 0.667. The Labute approximate surface area is 101 Å². The number of aromatic nitrogens is 2. The molecule has 0 saturated heterocycles. The van der Waals surface area contributed by atoms with Crippen LogP contribution in [-0.2, 0) is 13.0 Å². The molecular formula is C12H19N5. The maximum absolute atomic E-state index is 5.77. The largest absolute Gasteiger partial charge is 0.368 e. The van der Waals surface area contributed by atoms with Gasteiger partial charge in [-0.15, -0.1) is 0 Å². The Morgan fingerprint density at radius 1 is 1.24 bits per heavy atom. The molecule has 4 N–H and O–H groups in total. The van der Waals surface area contributed by atoms with E-state index in [0.29, 0.717) is 12.0 Å². The molecule has 0 spiro atoms. The summed E-state index contributed by atoms with van der Waals surface area (Å²) in [5.41, 5.74) is 8.08. The average molecular weight is 233 g/mol. The van der Waals surface area contributed by atoms with Gasteiger partial charge in [-0.3, -0.25) is 0 Å². The van der Waals surface area contributed by atoms with Crippen LogP contribution in [-0.4, -0.2) is 22.6 Å². The molecule has 1 aromatic heterocycles. The minimum Gasteiger partial charge on any atom is -0.368 e. The molecule has 3 rings (SSSR count). The lowest BCUT2D eigenvalue weighted by molar-refractivity contribution is 0.623. The summed E-state index contributed by atoms with van der Waals surface area (Å²) in [5.74, 6) is 1.36. The first-order chi connectivity index (χ1) is 8.33. The van der Waals surface area contributed by atoms with E-state index in [1.165, 1.54) is 31.2 Å². The van der Waals surface area contributed by atoms with Gasteiger partial charge in [0.15, 0.2) is 0 Å². The normalized spacial score (nSPS) is 20.2. The predicted octanol–water partition coefficient (Wildman–Crippen LogP) is 1.06. The summed E-state index contributed by atoms with van der Waals surface area (Å²) in [6.07, 6.45) is 6.13. The number of nitrogens with one attached hydrogen (secondary N) is 2.